The Kier molecular flexibility index (Phi) is 2.44. The maximum absolute atomic E-state index is 12.0. The Morgan fingerprint density at radius 3 is 2.65 bits per heavy atom. The molecule has 6 nitrogen and oxygen atoms in total. The zero-order chi connectivity index (χ0) is 14.2. The monoisotopic (exact) mass is 281 g/mol. The van der Waals surface area contributed by atoms with Crippen molar-refractivity contribution in [2.45, 2.75) is 64.3 Å². The van der Waals surface area contributed by atoms with Gasteiger partial charge in [-0.05, 0) is 27.7 Å². The van der Waals surface area contributed by atoms with Crippen LogP contribution in [0.2, 0.25) is 0 Å². The van der Waals surface area contributed by atoms with E-state index in [-0.39, 0.29) is 30.4 Å². The zero-order valence-electron chi connectivity index (χ0n) is 12.1. The lowest BCUT2D eigenvalue weighted by molar-refractivity contribution is -0.250. The third-order valence-electron chi connectivity index (χ3n) is 4.31. The van der Waals surface area contributed by atoms with Crippen LogP contribution < -0.4 is 0 Å². The highest BCUT2D eigenvalue weighted by Gasteiger charge is 2.61. The number of carbonyl (C=O) groups excluding carboxylic acids is 1. The fraction of sp³-hybridized carbons (Fsp3) is 0.786. The molecule has 0 saturated carbocycles. The van der Waals surface area contributed by atoms with Crippen molar-refractivity contribution < 1.29 is 23.7 Å². The molecule has 4 fully saturated rings. The van der Waals surface area contributed by atoms with Crippen molar-refractivity contribution in [3.05, 3.63) is 11.1 Å². The molecule has 0 aromatic rings. The molecule has 5 atom stereocenters. The predicted molar refractivity (Wildman–Crippen MR) is 67.4 cm³/mol. The molecule has 110 valence electrons. The topological polar surface area (TPSA) is 57.2 Å². The van der Waals surface area contributed by atoms with Crippen LogP contribution in [0.3, 0.4) is 0 Å². The molecule has 4 rings (SSSR count). The van der Waals surface area contributed by atoms with E-state index in [4.69, 9.17) is 18.9 Å². The van der Waals surface area contributed by atoms with Gasteiger partial charge < -0.3 is 23.8 Å². The fourth-order valence-corrected chi connectivity index (χ4v) is 3.44. The van der Waals surface area contributed by atoms with Crippen molar-refractivity contribution in [1.29, 1.82) is 0 Å². The van der Waals surface area contributed by atoms with Gasteiger partial charge in [-0.3, -0.25) is 4.79 Å². The van der Waals surface area contributed by atoms with Crippen molar-refractivity contribution >= 4 is 5.91 Å². The molecule has 1 amide bonds. The molecule has 4 saturated heterocycles. The van der Waals surface area contributed by atoms with Gasteiger partial charge in [0.1, 0.15) is 18.3 Å². The highest BCUT2D eigenvalue weighted by Crippen LogP contribution is 2.44. The van der Waals surface area contributed by atoms with Crippen LogP contribution in [0.15, 0.2) is 11.1 Å². The lowest BCUT2D eigenvalue weighted by Crippen LogP contribution is -2.66. The maximum Gasteiger partial charge on any atom is 0.256 e. The summed E-state index contributed by atoms with van der Waals surface area (Å²) in [6, 6.07) is 0. The number of hydrogen-bond donors (Lipinski definition) is 0. The van der Waals surface area contributed by atoms with Crippen LogP contribution in [-0.4, -0.2) is 54.0 Å². The van der Waals surface area contributed by atoms with Crippen molar-refractivity contribution in [3.63, 3.8) is 0 Å². The largest absolute Gasteiger partial charge is 0.345 e. The third-order valence-corrected chi connectivity index (χ3v) is 4.31. The zero-order valence-corrected chi connectivity index (χ0v) is 12.1. The average Bonchev–Trinajstić information content (AvgIpc) is 2.79. The number of amides is 1. The molecule has 0 aliphatic carbocycles. The minimum atomic E-state index is -0.643. The van der Waals surface area contributed by atoms with Gasteiger partial charge in [0, 0.05) is 0 Å². The van der Waals surface area contributed by atoms with Crippen molar-refractivity contribution in [2.75, 3.05) is 6.54 Å². The van der Waals surface area contributed by atoms with E-state index in [1.165, 1.54) is 0 Å². The van der Waals surface area contributed by atoms with E-state index < -0.39 is 12.1 Å². The second kappa shape index (κ2) is 3.82. The first-order valence-corrected chi connectivity index (χ1v) is 7.02. The van der Waals surface area contributed by atoms with Gasteiger partial charge >= 0.3 is 0 Å². The van der Waals surface area contributed by atoms with E-state index >= 15 is 0 Å². The molecule has 0 bridgehead atoms. The number of β-lactam (4-membered cyclic amide) rings is 1. The molecule has 0 N–H and O–H groups in total. The van der Waals surface area contributed by atoms with Crippen LogP contribution in [-0.2, 0) is 23.7 Å². The number of carbonyl (C=O) groups is 1. The minimum Gasteiger partial charge on any atom is -0.345 e. The summed E-state index contributed by atoms with van der Waals surface area (Å²) in [4.78, 5) is 13.8. The smallest absolute Gasteiger partial charge is 0.256 e. The third kappa shape index (κ3) is 1.56. The van der Waals surface area contributed by atoms with Gasteiger partial charge in [-0.25, -0.2) is 0 Å². The number of hydrogen-bond acceptors (Lipinski definition) is 5. The first-order valence-electron chi connectivity index (χ1n) is 7.02. The lowest BCUT2D eigenvalue weighted by Gasteiger charge is -2.49. The second-order valence-corrected chi connectivity index (χ2v) is 6.47. The summed E-state index contributed by atoms with van der Waals surface area (Å²) in [5, 5.41) is 0. The van der Waals surface area contributed by atoms with Crippen LogP contribution in [0, 0.1) is 0 Å². The summed E-state index contributed by atoms with van der Waals surface area (Å²) in [6.45, 7) is 8.16. The fourth-order valence-electron chi connectivity index (χ4n) is 3.44. The van der Waals surface area contributed by atoms with Crippen LogP contribution in [0.25, 0.3) is 0 Å². The van der Waals surface area contributed by atoms with Gasteiger partial charge in [-0.1, -0.05) is 5.57 Å². The van der Waals surface area contributed by atoms with Gasteiger partial charge in [-0.15, -0.1) is 0 Å². The van der Waals surface area contributed by atoms with Crippen LogP contribution in [0.5, 0.6) is 0 Å². The first kappa shape index (κ1) is 12.8. The highest BCUT2D eigenvalue weighted by molar-refractivity contribution is 6.02. The maximum atomic E-state index is 12.0. The normalized spacial score (nSPS) is 44.8. The van der Waals surface area contributed by atoms with Gasteiger partial charge in [0.25, 0.3) is 5.91 Å². The molecule has 0 unspecified atom stereocenters. The molecular weight excluding hydrogens is 262 g/mol. The van der Waals surface area contributed by atoms with Gasteiger partial charge in [0.05, 0.1) is 12.1 Å². The number of ether oxygens (including phenoxy) is 4. The number of fused-ring (bicyclic) bond motifs is 4. The Morgan fingerprint density at radius 2 is 1.95 bits per heavy atom. The van der Waals surface area contributed by atoms with Crippen LogP contribution in [0.1, 0.15) is 27.7 Å². The summed E-state index contributed by atoms with van der Waals surface area (Å²) in [7, 11) is 0. The molecule has 4 aliphatic rings. The van der Waals surface area contributed by atoms with E-state index in [1.54, 1.807) is 4.90 Å². The molecular formula is C14H19NO5. The summed E-state index contributed by atoms with van der Waals surface area (Å²) in [5.41, 5.74) is 1.78. The number of allylic oxidation sites excluding steroid dienone is 1. The van der Waals surface area contributed by atoms with E-state index in [0.717, 1.165) is 11.1 Å². The molecule has 0 spiro atoms. The van der Waals surface area contributed by atoms with Crippen molar-refractivity contribution in [1.82, 2.24) is 4.90 Å². The van der Waals surface area contributed by atoms with Crippen molar-refractivity contribution in [2.24, 2.45) is 0 Å². The standard InChI is InChI=1S/C14H19NO5/c1-6(2)8-11(16)15-5-7-9(18-12(8)15)10-13(17-7)20-14(3,4)19-10/h7,9-10,12-13H,5H2,1-4H3/t7-,9+,10-,12-,13-/m1/s1. The Hall–Kier alpha value is -0.950. The first-order chi connectivity index (χ1) is 9.37. The van der Waals surface area contributed by atoms with E-state index in [0.29, 0.717) is 6.54 Å². The van der Waals surface area contributed by atoms with E-state index in [9.17, 15) is 4.79 Å². The molecule has 0 aromatic heterocycles. The summed E-state index contributed by atoms with van der Waals surface area (Å²) in [5.74, 6) is -0.591. The summed E-state index contributed by atoms with van der Waals surface area (Å²) in [6.07, 6.45) is -1.20. The highest BCUT2D eigenvalue weighted by atomic mass is 16.8. The summed E-state index contributed by atoms with van der Waals surface area (Å²) >= 11 is 0. The SMILES string of the molecule is CC(C)=C1C(=O)N2C[C@H]3O[C@@H]4OC(C)(C)O[C@@H]4[C@H]3O[C@H]12. The molecule has 4 aliphatic heterocycles. The second-order valence-electron chi connectivity index (χ2n) is 6.47. The Balaban J connectivity index is 1.58. The Morgan fingerprint density at radius 1 is 1.20 bits per heavy atom. The van der Waals surface area contributed by atoms with Crippen LogP contribution in [0.4, 0.5) is 0 Å². The van der Waals surface area contributed by atoms with Gasteiger partial charge in [0.15, 0.2) is 18.3 Å². The summed E-state index contributed by atoms with van der Waals surface area (Å²) < 4.78 is 23.5. The van der Waals surface area contributed by atoms with Gasteiger partial charge in [0.2, 0.25) is 0 Å². The molecule has 6 heteroatoms. The number of nitrogens with zero attached hydrogens (tertiary/aromatic N) is 1. The Labute approximate surface area is 117 Å². The van der Waals surface area contributed by atoms with Crippen LogP contribution >= 0.6 is 0 Å². The quantitative estimate of drug-likeness (QED) is 0.485. The Bertz CT molecular complexity index is 510. The van der Waals surface area contributed by atoms with Gasteiger partial charge in [-0.2, -0.15) is 0 Å². The van der Waals surface area contributed by atoms with Crippen molar-refractivity contribution in [3.8, 4) is 0 Å². The lowest BCUT2D eigenvalue weighted by atomic mass is 9.94. The molecule has 0 aromatic carbocycles. The minimum absolute atomic E-state index is 0.0521. The van der Waals surface area contributed by atoms with E-state index in [1.807, 2.05) is 27.7 Å². The molecule has 20 heavy (non-hydrogen) atoms. The molecule has 0 radical (unpaired) electrons. The van der Waals surface area contributed by atoms with E-state index in [2.05, 4.69) is 0 Å². The average molecular weight is 281 g/mol. The molecule has 4 heterocycles. The number of rotatable bonds is 0. The predicted octanol–water partition coefficient (Wildman–Crippen LogP) is 0.766.